The predicted octanol–water partition coefficient (Wildman–Crippen LogP) is 3.79. The minimum Gasteiger partial charge on any atom is -0.363 e. The van der Waals surface area contributed by atoms with Crippen molar-refractivity contribution in [3.8, 4) is 0 Å². The highest BCUT2D eigenvalue weighted by molar-refractivity contribution is 14.1. The highest BCUT2D eigenvalue weighted by Crippen LogP contribution is 2.21. The number of benzene rings is 1. The van der Waals surface area contributed by atoms with Gasteiger partial charge in [-0.25, -0.2) is 18.3 Å². The fourth-order valence-electron chi connectivity index (χ4n) is 2.05. The highest BCUT2D eigenvalue weighted by Gasteiger charge is 2.10. The van der Waals surface area contributed by atoms with Crippen molar-refractivity contribution < 1.29 is 8.78 Å². The van der Waals surface area contributed by atoms with Gasteiger partial charge in [0.05, 0.1) is 15.8 Å². The molecule has 1 aromatic carbocycles. The highest BCUT2D eigenvalue weighted by atomic mass is 127. The van der Waals surface area contributed by atoms with E-state index < -0.39 is 11.6 Å². The number of fused-ring (bicyclic) bond motifs is 1. The molecule has 2 heterocycles. The number of anilines is 1. The number of rotatable bonds is 3. The molecule has 0 amide bonds. The number of nitrogens with zero attached hydrogens (tertiary/aromatic N) is 3. The molecule has 7 heteroatoms. The first-order chi connectivity index (χ1) is 10.0. The minimum absolute atomic E-state index is 0.272. The largest absolute Gasteiger partial charge is 0.363 e. The summed E-state index contributed by atoms with van der Waals surface area (Å²) in [6.45, 7) is 1.82. The minimum atomic E-state index is -0.590. The number of halogens is 3. The topological polar surface area (TPSA) is 42.2 Å². The van der Waals surface area contributed by atoms with Gasteiger partial charge in [-0.2, -0.15) is 5.10 Å². The first kappa shape index (κ1) is 14.2. The van der Waals surface area contributed by atoms with E-state index in [9.17, 15) is 8.78 Å². The summed E-state index contributed by atoms with van der Waals surface area (Å²) in [4.78, 5) is 4.44. The molecule has 0 spiro atoms. The second-order valence-corrected chi connectivity index (χ2v) is 5.80. The van der Waals surface area contributed by atoms with Gasteiger partial charge in [-0.3, -0.25) is 0 Å². The fraction of sp³-hybridized carbons (Fsp3) is 0.143. The molecule has 0 aliphatic carbocycles. The molecule has 0 radical (unpaired) electrons. The van der Waals surface area contributed by atoms with Crippen molar-refractivity contribution in [3.63, 3.8) is 0 Å². The van der Waals surface area contributed by atoms with Crippen molar-refractivity contribution >= 4 is 34.1 Å². The molecule has 3 rings (SSSR count). The lowest BCUT2D eigenvalue weighted by atomic mass is 10.1. The van der Waals surface area contributed by atoms with E-state index in [0.29, 0.717) is 11.4 Å². The molecule has 0 fully saturated rings. The van der Waals surface area contributed by atoms with Crippen molar-refractivity contribution in [2.75, 3.05) is 5.32 Å². The molecule has 3 aromatic rings. The second kappa shape index (κ2) is 5.55. The third-order valence-electron chi connectivity index (χ3n) is 3.08. The van der Waals surface area contributed by atoms with Crippen molar-refractivity contribution in [1.29, 1.82) is 0 Å². The van der Waals surface area contributed by atoms with Crippen LogP contribution in [-0.4, -0.2) is 14.6 Å². The van der Waals surface area contributed by atoms with E-state index >= 15 is 0 Å². The molecular formula is C14H11F2IN4. The van der Waals surface area contributed by atoms with E-state index in [1.54, 1.807) is 23.0 Å². The molecule has 0 unspecified atom stereocenters. The first-order valence-electron chi connectivity index (χ1n) is 6.25. The molecule has 4 nitrogen and oxygen atoms in total. The van der Waals surface area contributed by atoms with Crippen LogP contribution < -0.4 is 5.32 Å². The summed E-state index contributed by atoms with van der Waals surface area (Å²) in [6.07, 6.45) is 3.50. The van der Waals surface area contributed by atoms with Crippen molar-refractivity contribution in [1.82, 2.24) is 14.6 Å². The Morgan fingerprint density at radius 1 is 1.24 bits per heavy atom. The maximum Gasteiger partial charge on any atom is 0.170 e. The van der Waals surface area contributed by atoms with Crippen LogP contribution >= 0.6 is 22.6 Å². The van der Waals surface area contributed by atoms with Gasteiger partial charge in [-0.15, -0.1) is 0 Å². The van der Waals surface area contributed by atoms with Gasteiger partial charge >= 0.3 is 0 Å². The Balaban J connectivity index is 1.88. The van der Waals surface area contributed by atoms with E-state index in [2.05, 4.69) is 38.0 Å². The summed E-state index contributed by atoms with van der Waals surface area (Å²) >= 11 is 2.15. The number of hydrogen-bond acceptors (Lipinski definition) is 3. The standard InChI is InChI=1S/C14H11F2IN4/c1-8(9-4-10(15)6-11(16)5-9)19-13-2-3-21-14(20-13)12(17)7-18-21/h2-8H,1H3,(H,19,20)/t8-/m1/s1. The smallest absolute Gasteiger partial charge is 0.170 e. The molecule has 0 saturated carbocycles. The van der Waals surface area contributed by atoms with Crippen LogP contribution in [0.4, 0.5) is 14.6 Å². The van der Waals surface area contributed by atoms with E-state index in [-0.39, 0.29) is 6.04 Å². The lowest BCUT2D eigenvalue weighted by Gasteiger charge is -2.15. The summed E-state index contributed by atoms with van der Waals surface area (Å²) in [5.74, 6) is -0.558. The normalized spacial score (nSPS) is 12.6. The van der Waals surface area contributed by atoms with Gasteiger partial charge in [0.2, 0.25) is 0 Å². The summed E-state index contributed by atoms with van der Waals surface area (Å²) in [5, 5.41) is 7.27. The van der Waals surface area contributed by atoms with Crippen molar-refractivity contribution in [2.24, 2.45) is 0 Å². The van der Waals surface area contributed by atoms with Gasteiger partial charge in [0, 0.05) is 12.3 Å². The average Bonchev–Trinajstić information content (AvgIpc) is 2.79. The van der Waals surface area contributed by atoms with Gasteiger partial charge in [-0.05, 0) is 53.3 Å². The molecule has 2 aromatic heterocycles. The Bertz CT molecular complexity index is 783. The average molecular weight is 400 g/mol. The summed E-state index contributed by atoms with van der Waals surface area (Å²) < 4.78 is 29.1. The van der Waals surface area contributed by atoms with Crippen molar-refractivity contribution in [3.05, 3.63) is 57.4 Å². The number of aromatic nitrogens is 3. The van der Waals surface area contributed by atoms with Crippen LogP contribution in [0.25, 0.3) is 5.65 Å². The summed E-state index contributed by atoms with van der Waals surface area (Å²) in [5.41, 5.74) is 1.26. The van der Waals surface area contributed by atoms with E-state index in [1.807, 2.05) is 6.92 Å². The van der Waals surface area contributed by atoms with E-state index in [0.717, 1.165) is 15.3 Å². The zero-order chi connectivity index (χ0) is 15.0. The summed E-state index contributed by atoms with van der Waals surface area (Å²) in [7, 11) is 0. The zero-order valence-corrected chi connectivity index (χ0v) is 13.2. The van der Waals surface area contributed by atoms with Gasteiger partial charge in [0.1, 0.15) is 17.5 Å². The number of nitrogens with one attached hydrogen (secondary N) is 1. The molecular weight excluding hydrogens is 389 g/mol. The second-order valence-electron chi connectivity index (χ2n) is 4.64. The van der Waals surface area contributed by atoms with Crippen LogP contribution in [0.3, 0.4) is 0 Å². The summed E-state index contributed by atoms with van der Waals surface area (Å²) in [6, 6.07) is 4.96. The van der Waals surface area contributed by atoms with Crippen LogP contribution in [-0.2, 0) is 0 Å². The predicted molar refractivity (Wildman–Crippen MR) is 84.1 cm³/mol. The maximum atomic E-state index is 13.3. The third-order valence-corrected chi connectivity index (χ3v) is 3.84. The SMILES string of the molecule is C[C@@H](Nc1ccn2ncc(I)c2n1)c1cc(F)cc(F)c1. The van der Waals surface area contributed by atoms with Gasteiger partial charge < -0.3 is 5.32 Å². The van der Waals surface area contributed by atoms with Crippen LogP contribution in [0.15, 0.2) is 36.7 Å². The Hall–Kier alpha value is -1.77. The van der Waals surface area contributed by atoms with Gasteiger partial charge in [-0.1, -0.05) is 0 Å². The zero-order valence-electron chi connectivity index (χ0n) is 11.0. The number of hydrogen-bond donors (Lipinski definition) is 1. The molecule has 21 heavy (non-hydrogen) atoms. The van der Waals surface area contributed by atoms with Crippen LogP contribution in [0.1, 0.15) is 18.5 Å². The van der Waals surface area contributed by atoms with Crippen LogP contribution in [0, 0.1) is 15.2 Å². The molecule has 108 valence electrons. The maximum absolute atomic E-state index is 13.3. The van der Waals surface area contributed by atoms with Crippen molar-refractivity contribution in [2.45, 2.75) is 13.0 Å². The Kier molecular flexibility index (Phi) is 3.75. The lowest BCUT2D eigenvalue weighted by Crippen LogP contribution is -2.09. The third kappa shape index (κ3) is 2.97. The molecule has 0 bridgehead atoms. The van der Waals surface area contributed by atoms with Crippen LogP contribution in [0.2, 0.25) is 0 Å². The molecule has 0 aliphatic rings. The lowest BCUT2D eigenvalue weighted by molar-refractivity contribution is 0.577. The molecule has 1 atom stereocenters. The van der Waals surface area contributed by atoms with E-state index in [4.69, 9.17) is 0 Å². The van der Waals surface area contributed by atoms with Gasteiger partial charge in [0.15, 0.2) is 5.65 Å². The fourth-order valence-corrected chi connectivity index (χ4v) is 2.54. The molecule has 0 aliphatic heterocycles. The first-order valence-corrected chi connectivity index (χ1v) is 7.33. The Morgan fingerprint density at radius 2 is 1.95 bits per heavy atom. The Labute approximate surface area is 133 Å². The quantitative estimate of drug-likeness (QED) is 0.681. The Morgan fingerprint density at radius 3 is 2.67 bits per heavy atom. The monoisotopic (exact) mass is 400 g/mol. The molecule has 0 saturated heterocycles. The van der Waals surface area contributed by atoms with Gasteiger partial charge in [0.25, 0.3) is 0 Å². The van der Waals surface area contributed by atoms with Crippen LogP contribution in [0.5, 0.6) is 0 Å². The van der Waals surface area contributed by atoms with E-state index in [1.165, 1.54) is 12.1 Å². The molecule has 1 N–H and O–H groups in total.